The third kappa shape index (κ3) is 2.82. The number of aromatic nitrogens is 3. The van der Waals surface area contributed by atoms with Gasteiger partial charge in [-0.25, -0.2) is 0 Å². The summed E-state index contributed by atoms with van der Waals surface area (Å²) in [5.74, 6) is 0.797. The highest BCUT2D eigenvalue weighted by Crippen LogP contribution is 2.29. The van der Waals surface area contributed by atoms with Gasteiger partial charge in [0.05, 0.1) is 19.3 Å². The Kier molecular flexibility index (Phi) is 4.39. The first-order chi connectivity index (χ1) is 9.56. The molecular weight excluding hydrogens is 252 g/mol. The summed E-state index contributed by atoms with van der Waals surface area (Å²) in [6, 6.07) is 4.25. The highest BCUT2D eigenvalue weighted by Gasteiger charge is 2.22. The third-order valence-electron chi connectivity index (χ3n) is 3.29. The number of hydrogen-bond donors (Lipinski definition) is 1. The highest BCUT2D eigenvalue weighted by atomic mass is 16.5. The van der Waals surface area contributed by atoms with E-state index in [0.717, 1.165) is 29.4 Å². The first-order valence-electron chi connectivity index (χ1n) is 6.81. The Morgan fingerprint density at radius 3 is 2.50 bits per heavy atom. The molecule has 0 aliphatic heterocycles. The van der Waals surface area contributed by atoms with E-state index in [9.17, 15) is 0 Å². The number of hydrogen-bond acceptors (Lipinski definition) is 4. The molecule has 0 fully saturated rings. The number of pyridine rings is 1. The molecule has 0 aliphatic carbocycles. The van der Waals surface area contributed by atoms with Crippen LogP contribution in [-0.4, -0.2) is 28.4 Å². The van der Waals surface area contributed by atoms with Gasteiger partial charge in [0.1, 0.15) is 5.69 Å². The molecule has 1 unspecified atom stereocenters. The summed E-state index contributed by atoms with van der Waals surface area (Å²) >= 11 is 0. The van der Waals surface area contributed by atoms with Gasteiger partial charge in [-0.3, -0.25) is 9.67 Å². The Bertz CT molecular complexity index is 571. The molecule has 20 heavy (non-hydrogen) atoms. The molecule has 0 amide bonds. The minimum atomic E-state index is 0.0443. The average Bonchev–Trinajstić information content (AvgIpc) is 2.76. The minimum Gasteiger partial charge on any atom is -0.493 e. The van der Waals surface area contributed by atoms with Crippen molar-refractivity contribution < 1.29 is 4.74 Å². The summed E-state index contributed by atoms with van der Waals surface area (Å²) in [4.78, 5) is 4.44. The van der Waals surface area contributed by atoms with E-state index in [2.05, 4.69) is 34.5 Å². The summed E-state index contributed by atoms with van der Waals surface area (Å²) in [7, 11) is 3.61. The van der Waals surface area contributed by atoms with Crippen LogP contribution in [0.2, 0.25) is 0 Å². The largest absolute Gasteiger partial charge is 0.493 e. The molecule has 2 aromatic rings. The molecule has 2 heterocycles. The second-order valence-electron chi connectivity index (χ2n) is 4.90. The van der Waals surface area contributed by atoms with E-state index in [-0.39, 0.29) is 6.04 Å². The number of nitrogens with zero attached hydrogens (tertiary/aromatic N) is 3. The zero-order valence-corrected chi connectivity index (χ0v) is 12.8. The molecule has 0 spiro atoms. The average molecular weight is 274 g/mol. The maximum atomic E-state index is 5.44. The van der Waals surface area contributed by atoms with Gasteiger partial charge in [-0.2, -0.15) is 5.10 Å². The van der Waals surface area contributed by atoms with Crippen molar-refractivity contribution in [3.8, 4) is 5.75 Å². The van der Waals surface area contributed by atoms with Crippen molar-refractivity contribution in [1.82, 2.24) is 20.1 Å². The van der Waals surface area contributed by atoms with Crippen LogP contribution in [0.3, 0.4) is 0 Å². The summed E-state index contributed by atoms with van der Waals surface area (Å²) in [5.41, 5.74) is 4.24. The standard InChI is InChI=1S/C15H22N4O/c1-6-16-14(12-7-10(2)18-11(3)8-12)15-13(20-5)9-17-19(15)4/h7-9,14,16H,6H2,1-5H3. The molecule has 2 rings (SSSR count). The van der Waals surface area contributed by atoms with Crippen molar-refractivity contribution in [3.05, 3.63) is 41.0 Å². The van der Waals surface area contributed by atoms with E-state index < -0.39 is 0 Å². The molecule has 1 atom stereocenters. The second kappa shape index (κ2) is 6.05. The Morgan fingerprint density at radius 1 is 1.30 bits per heavy atom. The van der Waals surface area contributed by atoms with Gasteiger partial charge < -0.3 is 10.1 Å². The Balaban J connectivity index is 2.52. The molecule has 0 radical (unpaired) electrons. The van der Waals surface area contributed by atoms with E-state index in [1.54, 1.807) is 13.3 Å². The molecule has 2 aromatic heterocycles. The minimum absolute atomic E-state index is 0.0443. The van der Waals surface area contributed by atoms with Gasteiger partial charge in [0, 0.05) is 18.4 Å². The van der Waals surface area contributed by atoms with Crippen molar-refractivity contribution in [2.45, 2.75) is 26.8 Å². The third-order valence-corrected chi connectivity index (χ3v) is 3.29. The summed E-state index contributed by atoms with van der Waals surface area (Å²) in [5, 5.41) is 7.80. The molecule has 0 aliphatic rings. The predicted octanol–water partition coefficient (Wildman–Crippen LogP) is 2.14. The lowest BCUT2D eigenvalue weighted by molar-refractivity contribution is 0.401. The van der Waals surface area contributed by atoms with Crippen molar-refractivity contribution >= 4 is 0 Å². The number of aryl methyl sites for hydroxylation is 3. The number of nitrogens with one attached hydrogen (secondary N) is 1. The van der Waals surface area contributed by atoms with Crippen LogP contribution >= 0.6 is 0 Å². The van der Waals surface area contributed by atoms with E-state index in [0.29, 0.717) is 0 Å². The lowest BCUT2D eigenvalue weighted by Crippen LogP contribution is -2.25. The van der Waals surface area contributed by atoms with Crippen LogP contribution in [0.5, 0.6) is 5.75 Å². The lowest BCUT2D eigenvalue weighted by atomic mass is 10.0. The van der Waals surface area contributed by atoms with Crippen molar-refractivity contribution in [3.63, 3.8) is 0 Å². The molecule has 0 aromatic carbocycles. The number of methoxy groups -OCH3 is 1. The fourth-order valence-corrected chi connectivity index (χ4v) is 2.52. The molecule has 0 saturated heterocycles. The normalized spacial score (nSPS) is 12.4. The molecule has 0 saturated carbocycles. The molecule has 5 nitrogen and oxygen atoms in total. The maximum absolute atomic E-state index is 5.44. The number of rotatable bonds is 5. The van der Waals surface area contributed by atoms with Gasteiger partial charge in [0.15, 0.2) is 5.75 Å². The second-order valence-corrected chi connectivity index (χ2v) is 4.90. The van der Waals surface area contributed by atoms with E-state index in [1.165, 1.54) is 5.56 Å². The van der Waals surface area contributed by atoms with Crippen LogP contribution < -0.4 is 10.1 Å². The van der Waals surface area contributed by atoms with Crippen LogP contribution in [0.15, 0.2) is 18.3 Å². The SMILES string of the molecule is CCNC(c1cc(C)nc(C)c1)c1c(OC)cnn1C. The Hall–Kier alpha value is -1.88. The number of ether oxygens (including phenoxy) is 1. The van der Waals surface area contributed by atoms with Crippen LogP contribution in [0.4, 0.5) is 0 Å². The Labute approximate surface area is 120 Å². The van der Waals surface area contributed by atoms with Crippen molar-refractivity contribution in [1.29, 1.82) is 0 Å². The zero-order chi connectivity index (χ0) is 14.7. The molecule has 5 heteroatoms. The monoisotopic (exact) mass is 274 g/mol. The maximum Gasteiger partial charge on any atom is 0.161 e. The Morgan fingerprint density at radius 2 is 1.95 bits per heavy atom. The van der Waals surface area contributed by atoms with Gasteiger partial charge >= 0.3 is 0 Å². The van der Waals surface area contributed by atoms with Gasteiger partial charge in [0.2, 0.25) is 0 Å². The highest BCUT2D eigenvalue weighted by molar-refractivity contribution is 5.37. The summed E-state index contributed by atoms with van der Waals surface area (Å²) in [6.07, 6.45) is 1.75. The lowest BCUT2D eigenvalue weighted by Gasteiger charge is -2.20. The van der Waals surface area contributed by atoms with Gasteiger partial charge in [-0.1, -0.05) is 6.92 Å². The molecule has 0 bridgehead atoms. The molecular formula is C15H22N4O. The quantitative estimate of drug-likeness (QED) is 0.907. The van der Waals surface area contributed by atoms with E-state index >= 15 is 0 Å². The van der Waals surface area contributed by atoms with Crippen LogP contribution in [0.25, 0.3) is 0 Å². The first-order valence-corrected chi connectivity index (χ1v) is 6.81. The van der Waals surface area contributed by atoms with E-state index in [4.69, 9.17) is 4.74 Å². The first kappa shape index (κ1) is 14.5. The van der Waals surface area contributed by atoms with Crippen LogP contribution in [0.1, 0.15) is 35.6 Å². The van der Waals surface area contributed by atoms with Crippen LogP contribution in [0, 0.1) is 13.8 Å². The zero-order valence-electron chi connectivity index (χ0n) is 12.8. The van der Waals surface area contributed by atoms with Gasteiger partial charge in [0.25, 0.3) is 0 Å². The van der Waals surface area contributed by atoms with E-state index in [1.807, 2.05) is 25.6 Å². The summed E-state index contributed by atoms with van der Waals surface area (Å²) in [6.45, 7) is 6.98. The van der Waals surface area contributed by atoms with Crippen LogP contribution in [-0.2, 0) is 7.05 Å². The predicted molar refractivity (Wildman–Crippen MR) is 79.0 cm³/mol. The molecule has 108 valence electrons. The van der Waals surface area contributed by atoms with Gasteiger partial charge in [-0.05, 0) is 38.1 Å². The fourth-order valence-electron chi connectivity index (χ4n) is 2.52. The van der Waals surface area contributed by atoms with Gasteiger partial charge in [-0.15, -0.1) is 0 Å². The smallest absolute Gasteiger partial charge is 0.161 e. The van der Waals surface area contributed by atoms with Crippen molar-refractivity contribution in [2.75, 3.05) is 13.7 Å². The van der Waals surface area contributed by atoms with Crippen molar-refractivity contribution in [2.24, 2.45) is 7.05 Å². The molecule has 1 N–H and O–H groups in total. The fraction of sp³-hybridized carbons (Fsp3) is 0.467. The summed E-state index contributed by atoms with van der Waals surface area (Å²) < 4.78 is 7.29. The topological polar surface area (TPSA) is 52.0 Å².